The molecule has 0 aromatic heterocycles. The Balaban J connectivity index is 1.62. The van der Waals surface area contributed by atoms with Crippen molar-refractivity contribution in [3.8, 4) is 0 Å². The molecule has 1 nitrogen and oxygen atoms in total. The second-order valence-corrected chi connectivity index (χ2v) is 6.66. The molecule has 19 heavy (non-hydrogen) atoms. The molecule has 2 saturated carbocycles. The standard InChI is InChI=1S/C18H22O/c1-13-15-12-18(10-6-3-7-11-18)17(13)19-16(15)14-8-4-2-5-9-14/h2,4-5,8-9,15-17H,1,3,6-7,10-12H2/t15-,16-,17-/m0/s1. The van der Waals surface area contributed by atoms with E-state index in [0.29, 0.717) is 17.4 Å². The fourth-order valence-electron chi connectivity index (χ4n) is 4.71. The number of ether oxygens (including phenoxy) is 1. The molecule has 1 heteroatoms. The average Bonchev–Trinajstić information content (AvgIpc) is 2.91. The van der Waals surface area contributed by atoms with Gasteiger partial charge in [0.1, 0.15) is 0 Å². The van der Waals surface area contributed by atoms with E-state index in [2.05, 4.69) is 36.9 Å². The first kappa shape index (κ1) is 11.7. The third kappa shape index (κ3) is 1.64. The quantitative estimate of drug-likeness (QED) is 0.663. The van der Waals surface area contributed by atoms with Gasteiger partial charge in [0.25, 0.3) is 0 Å². The number of hydrogen-bond acceptors (Lipinski definition) is 1. The van der Waals surface area contributed by atoms with E-state index in [1.165, 1.54) is 49.7 Å². The van der Waals surface area contributed by atoms with Crippen molar-refractivity contribution in [2.75, 3.05) is 0 Å². The first-order valence-electron chi connectivity index (χ1n) is 7.69. The minimum absolute atomic E-state index is 0.270. The highest BCUT2D eigenvalue weighted by Gasteiger charge is 2.58. The molecule has 1 saturated heterocycles. The summed E-state index contributed by atoms with van der Waals surface area (Å²) in [5.41, 5.74) is 3.17. The van der Waals surface area contributed by atoms with Crippen LogP contribution in [0.4, 0.5) is 0 Å². The fraction of sp³-hybridized carbons (Fsp3) is 0.556. The molecule has 0 unspecified atom stereocenters. The summed E-state index contributed by atoms with van der Waals surface area (Å²) < 4.78 is 6.45. The van der Waals surface area contributed by atoms with Crippen molar-refractivity contribution in [1.29, 1.82) is 0 Å². The lowest BCUT2D eigenvalue weighted by Gasteiger charge is -2.42. The molecule has 1 aromatic rings. The van der Waals surface area contributed by atoms with E-state index in [9.17, 15) is 0 Å². The molecule has 4 rings (SSSR count). The summed E-state index contributed by atoms with van der Waals surface area (Å²) in [6.45, 7) is 4.38. The molecule has 2 bridgehead atoms. The monoisotopic (exact) mass is 254 g/mol. The van der Waals surface area contributed by atoms with Gasteiger partial charge in [-0.3, -0.25) is 0 Å². The molecular formula is C18H22O. The van der Waals surface area contributed by atoms with Gasteiger partial charge in [-0.15, -0.1) is 0 Å². The minimum Gasteiger partial charge on any atom is -0.365 e. The van der Waals surface area contributed by atoms with Crippen LogP contribution in [0.2, 0.25) is 0 Å². The normalized spacial score (nSPS) is 36.0. The lowest BCUT2D eigenvalue weighted by atomic mass is 9.69. The molecule has 3 fully saturated rings. The Morgan fingerprint density at radius 3 is 2.42 bits per heavy atom. The maximum Gasteiger partial charge on any atom is 0.0899 e. The summed E-state index contributed by atoms with van der Waals surface area (Å²) in [5, 5.41) is 0. The fourth-order valence-corrected chi connectivity index (χ4v) is 4.71. The predicted octanol–water partition coefficient (Wildman–Crippen LogP) is 4.65. The predicted molar refractivity (Wildman–Crippen MR) is 76.8 cm³/mol. The van der Waals surface area contributed by atoms with Crippen LogP contribution in [0.25, 0.3) is 0 Å². The van der Waals surface area contributed by atoms with Crippen molar-refractivity contribution >= 4 is 0 Å². The zero-order valence-electron chi connectivity index (χ0n) is 11.5. The van der Waals surface area contributed by atoms with Crippen LogP contribution < -0.4 is 0 Å². The molecule has 1 spiro atoms. The highest BCUT2D eigenvalue weighted by atomic mass is 16.5. The van der Waals surface area contributed by atoms with Crippen LogP contribution in [0.5, 0.6) is 0 Å². The molecule has 1 aromatic carbocycles. The Bertz CT molecular complexity index is 484. The second-order valence-electron chi connectivity index (χ2n) is 6.66. The third-order valence-corrected chi connectivity index (χ3v) is 5.62. The molecule has 0 N–H and O–H groups in total. The van der Waals surface area contributed by atoms with E-state index in [-0.39, 0.29) is 6.10 Å². The van der Waals surface area contributed by atoms with Crippen molar-refractivity contribution in [2.45, 2.75) is 50.7 Å². The largest absolute Gasteiger partial charge is 0.365 e. The number of benzene rings is 1. The summed E-state index contributed by atoms with van der Waals surface area (Å²) in [5.74, 6) is 0.561. The van der Waals surface area contributed by atoms with E-state index < -0.39 is 0 Å². The van der Waals surface area contributed by atoms with E-state index >= 15 is 0 Å². The molecular weight excluding hydrogens is 232 g/mol. The minimum atomic E-state index is 0.270. The van der Waals surface area contributed by atoms with Gasteiger partial charge in [-0.2, -0.15) is 0 Å². The van der Waals surface area contributed by atoms with Gasteiger partial charge in [0, 0.05) is 11.3 Å². The summed E-state index contributed by atoms with van der Waals surface area (Å²) in [4.78, 5) is 0. The molecule has 100 valence electrons. The lowest BCUT2D eigenvalue weighted by Crippen LogP contribution is -2.37. The molecule has 0 radical (unpaired) electrons. The van der Waals surface area contributed by atoms with Gasteiger partial charge >= 0.3 is 0 Å². The van der Waals surface area contributed by atoms with Crippen molar-refractivity contribution in [2.24, 2.45) is 11.3 Å². The average molecular weight is 254 g/mol. The van der Waals surface area contributed by atoms with Crippen molar-refractivity contribution in [1.82, 2.24) is 0 Å². The molecule has 0 amide bonds. The Labute approximate surface area is 115 Å². The van der Waals surface area contributed by atoms with Gasteiger partial charge < -0.3 is 4.74 Å². The third-order valence-electron chi connectivity index (χ3n) is 5.62. The van der Waals surface area contributed by atoms with Gasteiger partial charge in [0.05, 0.1) is 12.2 Å². The molecule has 3 aliphatic rings. The maximum atomic E-state index is 6.45. The van der Waals surface area contributed by atoms with Crippen molar-refractivity contribution in [3.05, 3.63) is 48.0 Å². The Kier molecular flexibility index (Phi) is 2.60. The van der Waals surface area contributed by atoms with E-state index in [1.807, 2.05) is 0 Å². The smallest absolute Gasteiger partial charge is 0.0899 e. The Hall–Kier alpha value is -1.08. The van der Waals surface area contributed by atoms with Crippen LogP contribution in [0.1, 0.15) is 50.2 Å². The van der Waals surface area contributed by atoms with Gasteiger partial charge in [-0.25, -0.2) is 0 Å². The topological polar surface area (TPSA) is 9.23 Å². The summed E-state index contributed by atoms with van der Waals surface area (Å²) in [6, 6.07) is 10.7. The number of hydrogen-bond donors (Lipinski definition) is 0. The lowest BCUT2D eigenvalue weighted by molar-refractivity contribution is -0.0907. The number of rotatable bonds is 1. The zero-order valence-corrected chi connectivity index (χ0v) is 11.5. The molecule has 1 heterocycles. The van der Waals surface area contributed by atoms with E-state index in [4.69, 9.17) is 4.74 Å². The van der Waals surface area contributed by atoms with Crippen LogP contribution in [0.15, 0.2) is 42.5 Å². The van der Waals surface area contributed by atoms with Crippen LogP contribution in [-0.2, 0) is 4.74 Å². The van der Waals surface area contributed by atoms with Crippen molar-refractivity contribution < 1.29 is 4.74 Å². The van der Waals surface area contributed by atoms with Crippen molar-refractivity contribution in [3.63, 3.8) is 0 Å². The highest BCUT2D eigenvalue weighted by Crippen LogP contribution is 2.63. The van der Waals surface area contributed by atoms with E-state index in [1.54, 1.807) is 0 Å². The van der Waals surface area contributed by atoms with Crippen LogP contribution >= 0.6 is 0 Å². The number of fused-ring (bicyclic) bond motifs is 3. The Morgan fingerprint density at radius 2 is 1.79 bits per heavy atom. The van der Waals surface area contributed by atoms with Gasteiger partial charge in [0.2, 0.25) is 0 Å². The maximum absolute atomic E-state index is 6.45. The van der Waals surface area contributed by atoms with E-state index in [0.717, 1.165) is 0 Å². The van der Waals surface area contributed by atoms with Gasteiger partial charge in [0.15, 0.2) is 0 Å². The summed E-state index contributed by atoms with van der Waals surface area (Å²) in [7, 11) is 0. The summed E-state index contributed by atoms with van der Waals surface area (Å²) in [6.07, 6.45) is 8.81. The van der Waals surface area contributed by atoms with Gasteiger partial charge in [-0.1, -0.05) is 56.2 Å². The summed E-state index contributed by atoms with van der Waals surface area (Å²) >= 11 is 0. The van der Waals surface area contributed by atoms with Gasteiger partial charge in [-0.05, 0) is 30.4 Å². The first-order chi connectivity index (χ1) is 9.30. The van der Waals surface area contributed by atoms with Crippen LogP contribution in [0, 0.1) is 11.3 Å². The second kappa shape index (κ2) is 4.21. The highest BCUT2D eigenvalue weighted by molar-refractivity contribution is 5.32. The molecule has 3 atom stereocenters. The van der Waals surface area contributed by atoms with Crippen LogP contribution in [0.3, 0.4) is 0 Å². The zero-order chi connectivity index (χ0) is 12.9. The van der Waals surface area contributed by atoms with Crippen LogP contribution in [-0.4, -0.2) is 6.10 Å². The molecule has 1 aliphatic heterocycles. The Morgan fingerprint density at radius 1 is 1.05 bits per heavy atom. The SMILES string of the molecule is C=C1[C@@H]2CC3(CCCCC3)[C@H]1O[C@H]2c1ccccc1. The first-order valence-corrected chi connectivity index (χ1v) is 7.69. The molecule has 2 aliphatic carbocycles.